The molecule has 2 rings (SSSR count). The molecule has 2 aromatic rings. The average Bonchev–Trinajstić information content (AvgIpc) is 2.56. The maximum absolute atomic E-state index is 4.29. The molecule has 0 N–H and O–H groups in total. The van der Waals surface area contributed by atoms with Gasteiger partial charge in [-0.25, -0.2) is 9.67 Å². The van der Waals surface area contributed by atoms with Gasteiger partial charge in [0.1, 0.15) is 12.2 Å². The van der Waals surface area contributed by atoms with Crippen LogP contribution in [-0.4, -0.2) is 14.8 Å². The SMILES string of the molecule is Cc1ncn(-c2cc(I)ccc2C)n1. The minimum absolute atomic E-state index is 0.795. The van der Waals surface area contributed by atoms with E-state index in [1.807, 2.05) is 11.6 Å². The van der Waals surface area contributed by atoms with E-state index in [2.05, 4.69) is 57.8 Å². The summed E-state index contributed by atoms with van der Waals surface area (Å²) in [5.41, 5.74) is 2.30. The highest BCUT2D eigenvalue weighted by molar-refractivity contribution is 14.1. The molecule has 14 heavy (non-hydrogen) atoms. The lowest BCUT2D eigenvalue weighted by Gasteiger charge is -2.04. The Bertz CT molecular complexity index is 462. The van der Waals surface area contributed by atoms with Crippen molar-refractivity contribution in [1.29, 1.82) is 0 Å². The molecule has 3 nitrogen and oxygen atoms in total. The molecule has 1 heterocycles. The molecule has 0 amide bonds. The van der Waals surface area contributed by atoms with Crippen LogP contribution in [0.15, 0.2) is 24.5 Å². The van der Waals surface area contributed by atoms with Crippen molar-refractivity contribution in [3.63, 3.8) is 0 Å². The van der Waals surface area contributed by atoms with Gasteiger partial charge < -0.3 is 0 Å². The van der Waals surface area contributed by atoms with Crippen molar-refractivity contribution in [3.05, 3.63) is 39.5 Å². The molecule has 0 atom stereocenters. The van der Waals surface area contributed by atoms with E-state index in [1.54, 1.807) is 6.33 Å². The first-order chi connectivity index (χ1) is 6.66. The monoisotopic (exact) mass is 299 g/mol. The van der Waals surface area contributed by atoms with Gasteiger partial charge in [0.2, 0.25) is 0 Å². The lowest BCUT2D eigenvalue weighted by Crippen LogP contribution is -1.98. The molecule has 0 fully saturated rings. The fourth-order valence-electron chi connectivity index (χ4n) is 1.29. The predicted molar refractivity (Wildman–Crippen MR) is 63.6 cm³/mol. The summed E-state index contributed by atoms with van der Waals surface area (Å²) in [6.45, 7) is 3.96. The molecular weight excluding hydrogens is 289 g/mol. The summed E-state index contributed by atoms with van der Waals surface area (Å²) in [6.07, 6.45) is 1.74. The van der Waals surface area contributed by atoms with Gasteiger partial charge in [0.05, 0.1) is 5.69 Å². The van der Waals surface area contributed by atoms with Crippen molar-refractivity contribution in [2.75, 3.05) is 0 Å². The zero-order chi connectivity index (χ0) is 10.1. The van der Waals surface area contributed by atoms with Crippen LogP contribution in [-0.2, 0) is 0 Å². The maximum atomic E-state index is 4.29. The quantitative estimate of drug-likeness (QED) is 0.757. The van der Waals surface area contributed by atoms with Gasteiger partial charge in [-0.1, -0.05) is 6.07 Å². The lowest BCUT2D eigenvalue weighted by molar-refractivity contribution is 0.855. The zero-order valence-corrected chi connectivity index (χ0v) is 10.2. The van der Waals surface area contributed by atoms with Gasteiger partial charge in [0.15, 0.2) is 0 Å². The summed E-state index contributed by atoms with van der Waals surface area (Å²) in [4.78, 5) is 4.11. The fourth-order valence-corrected chi connectivity index (χ4v) is 1.77. The van der Waals surface area contributed by atoms with Crippen molar-refractivity contribution < 1.29 is 0 Å². The van der Waals surface area contributed by atoms with E-state index in [9.17, 15) is 0 Å². The zero-order valence-electron chi connectivity index (χ0n) is 8.03. The van der Waals surface area contributed by atoms with Crippen LogP contribution in [0.2, 0.25) is 0 Å². The minimum atomic E-state index is 0.795. The lowest BCUT2D eigenvalue weighted by atomic mass is 10.2. The smallest absolute Gasteiger partial charge is 0.147 e. The molecule has 1 aromatic carbocycles. The summed E-state index contributed by atoms with van der Waals surface area (Å²) < 4.78 is 3.02. The first-order valence-corrected chi connectivity index (χ1v) is 5.39. The molecule has 4 heteroatoms. The summed E-state index contributed by atoms with van der Waals surface area (Å²) in [5.74, 6) is 0.795. The predicted octanol–water partition coefficient (Wildman–Crippen LogP) is 2.49. The third kappa shape index (κ3) is 1.79. The molecule has 0 aliphatic rings. The van der Waals surface area contributed by atoms with Crippen molar-refractivity contribution in [3.8, 4) is 5.69 Å². The highest BCUT2D eigenvalue weighted by Gasteiger charge is 2.03. The Morgan fingerprint density at radius 1 is 1.29 bits per heavy atom. The van der Waals surface area contributed by atoms with Gasteiger partial charge in [-0.3, -0.25) is 0 Å². The van der Waals surface area contributed by atoms with Crippen molar-refractivity contribution in [1.82, 2.24) is 14.8 Å². The molecule has 0 bridgehead atoms. The molecule has 0 saturated heterocycles. The number of hydrogen-bond donors (Lipinski definition) is 0. The van der Waals surface area contributed by atoms with Crippen LogP contribution in [0.1, 0.15) is 11.4 Å². The van der Waals surface area contributed by atoms with Crippen LogP contribution in [0.5, 0.6) is 0 Å². The Labute approximate surface area is 96.3 Å². The summed E-state index contributed by atoms with van der Waals surface area (Å²) in [7, 11) is 0. The second kappa shape index (κ2) is 3.68. The van der Waals surface area contributed by atoms with E-state index >= 15 is 0 Å². The molecule has 1 aromatic heterocycles. The van der Waals surface area contributed by atoms with Gasteiger partial charge >= 0.3 is 0 Å². The topological polar surface area (TPSA) is 30.7 Å². The number of aromatic nitrogens is 3. The number of hydrogen-bond acceptors (Lipinski definition) is 2. The van der Waals surface area contributed by atoms with Crippen molar-refractivity contribution >= 4 is 22.6 Å². The third-order valence-electron chi connectivity index (χ3n) is 2.02. The Morgan fingerprint density at radius 3 is 2.71 bits per heavy atom. The second-order valence-corrected chi connectivity index (χ2v) is 4.41. The fraction of sp³-hybridized carbons (Fsp3) is 0.200. The molecule has 0 radical (unpaired) electrons. The Morgan fingerprint density at radius 2 is 2.07 bits per heavy atom. The van der Waals surface area contributed by atoms with E-state index < -0.39 is 0 Å². The largest absolute Gasteiger partial charge is 0.220 e. The van der Waals surface area contributed by atoms with Gasteiger partial charge in [-0.15, -0.1) is 0 Å². The van der Waals surface area contributed by atoms with E-state index in [0.29, 0.717) is 0 Å². The van der Waals surface area contributed by atoms with E-state index in [4.69, 9.17) is 0 Å². The van der Waals surface area contributed by atoms with Crippen LogP contribution in [0, 0.1) is 17.4 Å². The van der Waals surface area contributed by atoms with Crippen LogP contribution >= 0.6 is 22.6 Å². The van der Waals surface area contributed by atoms with E-state index in [1.165, 1.54) is 9.13 Å². The van der Waals surface area contributed by atoms with E-state index in [-0.39, 0.29) is 0 Å². The molecular formula is C10H10IN3. The molecule has 0 aliphatic carbocycles. The highest BCUT2D eigenvalue weighted by atomic mass is 127. The third-order valence-corrected chi connectivity index (χ3v) is 2.70. The van der Waals surface area contributed by atoms with Crippen LogP contribution in [0.3, 0.4) is 0 Å². The molecule has 0 saturated carbocycles. The van der Waals surface area contributed by atoms with E-state index in [0.717, 1.165) is 11.5 Å². The Balaban J connectivity index is 2.55. The first-order valence-electron chi connectivity index (χ1n) is 4.31. The van der Waals surface area contributed by atoms with Crippen molar-refractivity contribution in [2.45, 2.75) is 13.8 Å². The number of rotatable bonds is 1. The molecule has 0 unspecified atom stereocenters. The number of aryl methyl sites for hydroxylation is 2. The molecule has 72 valence electrons. The number of halogens is 1. The summed E-state index contributed by atoms with van der Waals surface area (Å²) >= 11 is 2.29. The van der Waals surface area contributed by atoms with Crippen LogP contribution in [0.4, 0.5) is 0 Å². The van der Waals surface area contributed by atoms with Gasteiger partial charge in [-0.2, -0.15) is 5.10 Å². The standard InChI is InChI=1S/C10H10IN3/c1-7-3-4-9(11)5-10(7)14-6-12-8(2)13-14/h3-6H,1-2H3. The molecule has 0 aliphatic heterocycles. The average molecular weight is 299 g/mol. The second-order valence-electron chi connectivity index (χ2n) is 3.17. The normalized spacial score (nSPS) is 10.5. The summed E-state index contributed by atoms with van der Waals surface area (Å²) in [6, 6.07) is 6.28. The highest BCUT2D eigenvalue weighted by Crippen LogP contribution is 2.16. The molecule has 0 spiro atoms. The summed E-state index contributed by atoms with van der Waals surface area (Å²) in [5, 5.41) is 4.29. The van der Waals surface area contributed by atoms with Gasteiger partial charge in [0.25, 0.3) is 0 Å². The van der Waals surface area contributed by atoms with Crippen LogP contribution < -0.4 is 0 Å². The first kappa shape index (κ1) is 9.64. The van der Waals surface area contributed by atoms with Crippen molar-refractivity contribution in [2.24, 2.45) is 0 Å². The number of benzene rings is 1. The number of nitrogens with zero attached hydrogens (tertiary/aromatic N) is 3. The Hall–Kier alpha value is -0.910. The van der Waals surface area contributed by atoms with Gasteiger partial charge in [-0.05, 0) is 54.1 Å². The minimum Gasteiger partial charge on any atom is -0.220 e. The maximum Gasteiger partial charge on any atom is 0.147 e. The Kier molecular flexibility index (Phi) is 2.54. The van der Waals surface area contributed by atoms with Crippen LogP contribution in [0.25, 0.3) is 5.69 Å². The van der Waals surface area contributed by atoms with Gasteiger partial charge in [0, 0.05) is 3.57 Å².